The van der Waals surface area contributed by atoms with Crippen LogP contribution in [0.25, 0.3) is 0 Å². The number of anilines is 2. The molecule has 22 heavy (non-hydrogen) atoms. The molecule has 0 radical (unpaired) electrons. The highest BCUT2D eigenvalue weighted by Gasteiger charge is 2.00. The summed E-state index contributed by atoms with van der Waals surface area (Å²) in [4.78, 5) is 4.19. The first-order valence-corrected chi connectivity index (χ1v) is 7.20. The Labute approximate surface area is 130 Å². The van der Waals surface area contributed by atoms with Crippen LogP contribution in [0.2, 0.25) is 0 Å². The fourth-order valence-electron chi connectivity index (χ4n) is 1.91. The van der Waals surface area contributed by atoms with Crippen molar-refractivity contribution in [1.82, 2.24) is 4.98 Å². The summed E-state index contributed by atoms with van der Waals surface area (Å²) < 4.78 is 10.8. The van der Waals surface area contributed by atoms with Crippen LogP contribution in [-0.4, -0.2) is 24.8 Å². The second-order valence-electron chi connectivity index (χ2n) is 4.59. The zero-order valence-electron chi connectivity index (χ0n) is 12.6. The molecule has 1 aromatic heterocycles. The van der Waals surface area contributed by atoms with Gasteiger partial charge in [0.25, 0.3) is 0 Å². The molecule has 2 rings (SSSR count). The summed E-state index contributed by atoms with van der Waals surface area (Å²) >= 11 is 0. The zero-order chi connectivity index (χ0) is 15.6. The third kappa shape index (κ3) is 5.17. The van der Waals surface area contributed by atoms with Crippen LogP contribution < -0.4 is 5.32 Å². The van der Waals surface area contributed by atoms with E-state index in [2.05, 4.69) is 10.3 Å². The van der Waals surface area contributed by atoms with Gasteiger partial charge >= 0.3 is 0 Å². The number of nitrogens with zero attached hydrogens (tertiary/aromatic N) is 2. The van der Waals surface area contributed by atoms with Crippen LogP contribution in [0, 0.1) is 11.3 Å². The van der Waals surface area contributed by atoms with E-state index >= 15 is 0 Å². The number of ether oxygens (including phenoxy) is 2. The largest absolute Gasteiger partial charge is 0.379 e. The highest BCUT2D eigenvalue weighted by Crippen LogP contribution is 2.16. The summed E-state index contributed by atoms with van der Waals surface area (Å²) in [5, 5.41) is 12.1. The van der Waals surface area contributed by atoms with Crippen molar-refractivity contribution in [2.24, 2.45) is 0 Å². The number of nitrogens with one attached hydrogen (secondary N) is 1. The lowest BCUT2D eigenvalue weighted by Crippen LogP contribution is -2.04. The monoisotopic (exact) mass is 297 g/mol. The van der Waals surface area contributed by atoms with E-state index in [0.717, 1.165) is 11.3 Å². The van der Waals surface area contributed by atoms with E-state index < -0.39 is 0 Å². The summed E-state index contributed by atoms with van der Waals surface area (Å²) in [5.41, 5.74) is 2.37. The van der Waals surface area contributed by atoms with Crippen molar-refractivity contribution in [3.8, 4) is 6.07 Å². The molecule has 0 aliphatic carbocycles. The van der Waals surface area contributed by atoms with Gasteiger partial charge < -0.3 is 14.8 Å². The Balaban J connectivity index is 1.92. The number of pyridine rings is 1. The SMILES string of the molecule is CCOCCOCc1cccc(Nc2cccc(C#N)n2)c1. The van der Waals surface area contributed by atoms with Crippen molar-refractivity contribution < 1.29 is 9.47 Å². The Morgan fingerprint density at radius 2 is 1.95 bits per heavy atom. The Bertz CT molecular complexity index is 638. The number of hydrogen-bond acceptors (Lipinski definition) is 5. The summed E-state index contributed by atoms with van der Waals surface area (Å²) in [6, 6.07) is 15.2. The van der Waals surface area contributed by atoms with Gasteiger partial charge in [0.2, 0.25) is 0 Å². The van der Waals surface area contributed by atoms with Gasteiger partial charge in [-0.2, -0.15) is 5.26 Å². The van der Waals surface area contributed by atoms with E-state index in [1.807, 2.05) is 43.3 Å². The van der Waals surface area contributed by atoms with E-state index in [9.17, 15) is 0 Å². The topological polar surface area (TPSA) is 67.2 Å². The van der Waals surface area contributed by atoms with Crippen LogP contribution in [0.1, 0.15) is 18.2 Å². The Kier molecular flexibility index (Phi) is 6.37. The lowest BCUT2D eigenvalue weighted by molar-refractivity contribution is 0.0453. The predicted octanol–water partition coefficient (Wildman–Crippen LogP) is 3.25. The molecule has 0 aliphatic rings. The molecular formula is C17H19N3O2. The first kappa shape index (κ1) is 16.0. The van der Waals surface area contributed by atoms with Crippen LogP contribution in [0.5, 0.6) is 0 Å². The van der Waals surface area contributed by atoms with E-state index in [4.69, 9.17) is 14.7 Å². The minimum Gasteiger partial charge on any atom is -0.379 e. The van der Waals surface area contributed by atoms with Gasteiger partial charge in [-0.05, 0) is 36.8 Å². The first-order valence-electron chi connectivity index (χ1n) is 7.20. The van der Waals surface area contributed by atoms with Crippen LogP contribution in [0.3, 0.4) is 0 Å². The number of rotatable bonds is 8. The molecule has 0 spiro atoms. The number of aromatic nitrogens is 1. The van der Waals surface area contributed by atoms with Gasteiger partial charge in [0.05, 0.1) is 19.8 Å². The van der Waals surface area contributed by atoms with E-state index in [0.29, 0.717) is 37.9 Å². The van der Waals surface area contributed by atoms with Gasteiger partial charge in [0.15, 0.2) is 0 Å². The maximum absolute atomic E-state index is 8.86. The van der Waals surface area contributed by atoms with Gasteiger partial charge in [-0.15, -0.1) is 0 Å². The molecule has 0 amide bonds. The molecule has 0 saturated heterocycles. The molecule has 0 unspecified atom stereocenters. The molecular weight excluding hydrogens is 278 g/mol. The van der Waals surface area contributed by atoms with Crippen LogP contribution in [0.15, 0.2) is 42.5 Å². The molecule has 0 fully saturated rings. The fourth-order valence-corrected chi connectivity index (χ4v) is 1.91. The van der Waals surface area contributed by atoms with Crippen LogP contribution in [0.4, 0.5) is 11.5 Å². The summed E-state index contributed by atoms with van der Waals surface area (Å²) in [5.74, 6) is 0.647. The molecule has 1 heterocycles. The van der Waals surface area contributed by atoms with Crippen molar-refractivity contribution in [3.05, 3.63) is 53.7 Å². The lowest BCUT2D eigenvalue weighted by Gasteiger charge is -2.09. The number of benzene rings is 1. The van der Waals surface area contributed by atoms with E-state index in [1.165, 1.54) is 0 Å². The fraction of sp³-hybridized carbons (Fsp3) is 0.294. The number of hydrogen-bond donors (Lipinski definition) is 1. The normalized spacial score (nSPS) is 10.2. The second kappa shape index (κ2) is 8.78. The quantitative estimate of drug-likeness (QED) is 0.758. The summed E-state index contributed by atoms with van der Waals surface area (Å²) in [6.45, 7) is 4.40. The highest BCUT2D eigenvalue weighted by atomic mass is 16.5. The Hall–Kier alpha value is -2.42. The predicted molar refractivity (Wildman–Crippen MR) is 84.8 cm³/mol. The van der Waals surface area contributed by atoms with Crippen molar-refractivity contribution in [2.75, 3.05) is 25.1 Å². The van der Waals surface area contributed by atoms with E-state index in [-0.39, 0.29) is 0 Å². The third-order valence-electron chi connectivity index (χ3n) is 2.91. The molecule has 0 aliphatic heterocycles. The Morgan fingerprint density at radius 1 is 1.14 bits per heavy atom. The molecule has 1 aromatic carbocycles. The standard InChI is InChI=1S/C17H19N3O2/c1-2-21-9-10-22-13-14-5-3-6-15(11-14)19-17-8-4-7-16(12-18)20-17/h3-8,11H,2,9-10,13H2,1H3,(H,19,20). The zero-order valence-corrected chi connectivity index (χ0v) is 12.6. The van der Waals surface area contributed by atoms with Crippen molar-refractivity contribution >= 4 is 11.5 Å². The first-order chi connectivity index (χ1) is 10.8. The number of nitriles is 1. The van der Waals surface area contributed by atoms with Crippen molar-refractivity contribution in [2.45, 2.75) is 13.5 Å². The maximum Gasteiger partial charge on any atom is 0.142 e. The molecule has 5 nitrogen and oxygen atoms in total. The van der Waals surface area contributed by atoms with Gasteiger partial charge in [-0.3, -0.25) is 0 Å². The van der Waals surface area contributed by atoms with Gasteiger partial charge in [-0.25, -0.2) is 4.98 Å². The van der Waals surface area contributed by atoms with Gasteiger partial charge in [0, 0.05) is 12.3 Å². The van der Waals surface area contributed by atoms with Gasteiger partial charge in [0.1, 0.15) is 17.6 Å². The van der Waals surface area contributed by atoms with Gasteiger partial charge in [-0.1, -0.05) is 18.2 Å². The minimum atomic E-state index is 0.389. The summed E-state index contributed by atoms with van der Waals surface area (Å²) in [6.07, 6.45) is 0. The van der Waals surface area contributed by atoms with Crippen molar-refractivity contribution in [3.63, 3.8) is 0 Å². The highest BCUT2D eigenvalue weighted by molar-refractivity contribution is 5.57. The third-order valence-corrected chi connectivity index (χ3v) is 2.91. The molecule has 0 atom stereocenters. The lowest BCUT2D eigenvalue weighted by atomic mass is 10.2. The average Bonchev–Trinajstić information content (AvgIpc) is 2.55. The minimum absolute atomic E-state index is 0.389. The van der Waals surface area contributed by atoms with Crippen LogP contribution in [-0.2, 0) is 16.1 Å². The molecule has 2 aromatic rings. The average molecular weight is 297 g/mol. The molecule has 114 valence electrons. The molecule has 5 heteroatoms. The summed E-state index contributed by atoms with van der Waals surface area (Å²) in [7, 11) is 0. The van der Waals surface area contributed by atoms with E-state index in [1.54, 1.807) is 12.1 Å². The molecule has 1 N–H and O–H groups in total. The van der Waals surface area contributed by atoms with Crippen molar-refractivity contribution in [1.29, 1.82) is 5.26 Å². The molecule has 0 bridgehead atoms. The smallest absolute Gasteiger partial charge is 0.142 e. The molecule has 0 saturated carbocycles. The Morgan fingerprint density at radius 3 is 2.77 bits per heavy atom. The maximum atomic E-state index is 8.86. The second-order valence-corrected chi connectivity index (χ2v) is 4.59. The van der Waals surface area contributed by atoms with Crippen LogP contribution >= 0.6 is 0 Å².